The first-order valence-corrected chi connectivity index (χ1v) is 20.2. The van der Waals surface area contributed by atoms with E-state index in [-0.39, 0.29) is 18.6 Å². The van der Waals surface area contributed by atoms with Crippen LogP contribution in [0.2, 0.25) is 5.02 Å². The molecule has 56 heavy (non-hydrogen) atoms. The number of benzene rings is 4. The average molecular weight is 774 g/mol. The predicted octanol–water partition coefficient (Wildman–Crippen LogP) is 8.95. The van der Waals surface area contributed by atoms with Gasteiger partial charge in [0.05, 0.1) is 34.9 Å². The number of carbonyl (C=O) groups excluding carboxylic acids is 1. The highest BCUT2D eigenvalue weighted by molar-refractivity contribution is 6.32. The Morgan fingerprint density at radius 3 is 2.41 bits per heavy atom. The fraction of sp³-hybridized carbons (Fsp3) is 0.413. The fourth-order valence-corrected chi connectivity index (χ4v) is 7.97. The zero-order chi connectivity index (χ0) is 39.4. The lowest BCUT2D eigenvalue weighted by atomic mass is 9.93. The molecule has 0 spiro atoms. The highest BCUT2D eigenvalue weighted by atomic mass is 35.5. The molecule has 0 saturated carbocycles. The maximum Gasteiger partial charge on any atom is 0.217 e. The third-order valence-corrected chi connectivity index (χ3v) is 11.2. The number of unbranched alkanes of at least 4 members (excludes halogenated alkanes) is 1. The molecule has 10 heteroatoms. The number of halogens is 1. The number of nitrogens with two attached hydrogens (primary N) is 1. The molecule has 1 saturated heterocycles. The van der Waals surface area contributed by atoms with Gasteiger partial charge in [-0.15, -0.1) is 0 Å². The molecule has 1 aliphatic heterocycles. The topological polar surface area (TPSA) is 134 Å². The van der Waals surface area contributed by atoms with E-state index in [0.717, 1.165) is 60.6 Å². The molecule has 4 aromatic rings. The zero-order valence-electron chi connectivity index (χ0n) is 32.5. The van der Waals surface area contributed by atoms with Gasteiger partial charge in [-0.1, -0.05) is 48.9 Å². The molecule has 292 valence electrons. The average Bonchev–Trinajstić information content (AvgIpc) is 3.62. The molecular weight excluding hydrogens is 722 g/mol. The number of rotatable bonds is 18. The monoisotopic (exact) mass is 773 g/mol. The van der Waals surface area contributed by atoms with Gasteiger partial charge >= 0.3 is 0 Å². The molecule has 2 aliphatic rings. The van der Waals surface area contributed by atoms with Crippen LogP contribution in [0.1, 0.15) is 96.9 Å². The van der Waals surface area contributed by atoms with Gasteiger partial charge in [0.25, 0.3) is 0 Å². The quantitative estimate of drug-likeness (QED) is 0.0958. The van der Waals surface area contributed by atoms with Gasteiger partial charge in [-0.05, 0) is 141 Å². The standard InChI is InChI=1S/C46H52ClN5O4/c1-31-15-19-52(20-16-31)18-7-21-54-42-11-6-8-37(32(42)2)38-9-5-10-40-39(38)13-14-43(40)56-45-26-44(55-30-35-23-33(27-48)22-34(24-35)28-49)36(25-41(45)47)29-51-17-4-3-12-46(50)53/h5-6,8-11,22-26,31,43,51H,3-4,7,12-21,29-30H2,1-2H3,(H2,50,53)/t43-/m0/s1. The number of nitriles is 2. The molecular formula is C46H52ClN5O4. The molecule has 1 fully saturated rings. The second kappa shape index (κ2) is 19.7. The molecule has 4 aromatic carbocycles. The summed E-state index contributed by atoms with van der Waals surface area (Å²) in [5, 5.41) is 22.9. The van der Waals surface area contributed by atoms with E-state index in [1.807, 2.05) is 12.1 Å². The number of carbonyl (C=O) groups is 1. The third-order valence-electron chi connectivity index (χ3n) is 10.9. The minimum Gasteiger partial charge on any atom is -0.493 e. The molecule has 0 unspecified atom stereocenters. The lowest BCUT2D eigenvalue weighted by molar-refractivity contribution is -0.118. The Kier molecular flexibility index (Phi) is 14.3. The Morgan fingerprint density at radius 2 is 1.66 bits per heavy atom. The van der Waals surface area contributed by atoms with Crippen LogP contribution in [0, 0.1) is 35.5 Å². The summed E-state index contributed by atoms with van der Waals surface area (Å²) >= 11 is 6.92. The minimum absolute atomic E-state index is 0.145. The zero-order valence-corrected chi connectivity index (χ0v) is 33.3. The molecule has 1 amide bonds. The van der Waals surface area contributed by atoms with Crippen molar-refractivity contribution < 1.29 is 19.0 Å². The largest absolute Gasteiger partial charge is 0.493 e. The van der Waals surface area contributed by atoms with Crippen LogP contribution in [-0.4, -0.2) is 43.6 Å². The molecule has 6 rings (SSSR count). The number of nitrogens with zero attached hydrogens (tertiary/aromatic N) is 3. The highest BCUT2D eigenvalue weighted by Crippen LogP contribution is 2.44. The number of nitrogens with one attached hydrogen (secondary N) is 1. The van der Waals surface area contributed by atoms with Crippen LogP contribution < -0.4 is 25.3 Å². The van der Waals surface area contributed by atoms with E-state index < -0.39 is 0 Å². The van der Waals surface area contributed by atoms with Crippen molar-refractivity contribution in [2.24, 2.45) is 11.7 Å². The second-order valence-corrected chi connectivity index (χ2v) is 15.5. The van der Waals surface area contributed by atoms with Gasteiger partial charge in [-0.25, -0.2) is 0 Å². The Bertz CT molecular complexity index is 2050. The van der Waals surface area contributed by atoms with Crippen molar-refractivity contribution in [3.8, 4) is 40.5 Å². The van der Waals surface area contributed by atoms with E-state index in [4.69, 9.17) is 31.5 Å². The summed E-state index contributed by atoms with van der Waals surface area (Å²) in [6, 6.07) is 25.7. The van der Waals surface area contributed by atoms with Gasteiger partial charge in [-0.2, -0.15) is 10.5 Å². The van der Waals surface area contributed by atoms with Crippen molar-refractivity contribution in [3.05, 3.63) is 111 Å². The van der Waals surface area contributed by atoms with Crippen LogP contribution in [0.4, 0.5) is 0 Å². The van der Waals surface area contributed by atoms with Gasteiger partial charge < -0.3 is 30.2 Å². The third kappa shape index (κ3) is 10.6. The number of fused-ring (bicyclic) bond motifs is 1. The van der Waals surface area contributed by atoms with Crippen LogP contribution >= 0.6 is 11.6 Å². The summed E-state index contributed by atoms with van der Waals surface area (Å²) in [7, 11) is 0. The first-order valence-electron chi connectivity index (χ1n) is 19.8. The lowest BCUT2D eigenvalue weighted by Gasteiger charge is -2.30. The number of hydrogen-bond acceptors (Lipinski definition) is 8. The Hall–Kier alpha value is -5.06. The summed E-state index contributed by atoms with van der Waals surface area (Å²) < 4.78 is 19.4. The van der Waals surface area contributed by atoms with Crippen molar-refractivity contribution in [1.29, 1.82) is 10.5 Å². The van der Waals surface area contributed by atoms with Gasteiger partial charge in [0.15, 0.2) is 0 Å². The summed E-state index contributed by atoms with van der Waals surface area (Å²) in [6.45, 7) is 9.96. The summed E-state index contributed by atoms with van der Waals surface area (Å²) in [6.07, 6.45) is 6.91. The predicted molar refractivity (Wildman–Crippen MR) is 220 cm³/mol. The molecule has 1 atom stereocenters. The molecule has 0 radical (unpaired) electrons. The Morgan fingerprint density at radius 1 is 0.911 bits per heavy atom. The maximum atomic E-state index is 11.1. The number of piperidine rings is 1. The number of ether oxygens (including phenoxy) is 3. The van der Waals surface area contributed by atoms with E-state index in [2.05, 4.69) is 72.6 Å². The van der Waals surface area contributed by atoms with E-state index in [1.165, 1.54) is 42.6 Å². The first kappa shape index (κ1) is 40.6. The number of likely N-dealkylation sites (tertiary alicyclic amines) is 1. The van der Waals surface area contributed by atoms with Crippen LogP contribution in [0.15, 0.2) is 66.7 Å². The summed E-state index contributed by atoms with van der Waals surface area (Å²) in [4.78, 5) is 13.7. The van der Waals surface area contributed by atoms with E-state index >= 15 is 0 Å². The Labute approximate surface area is 336 Å². The van der Waals surface area contributed by atoms with Gasteiger partial charge in [-0.3, -0.25) is 4.79 Å². The second-order valence-electron chi connectivity index (χ2n) is 15.1. The van der Waals surface area contributed by atoms with Crippen LogP contribution in [-0.2, 0) is 24.4 Å². The fourth-order valence-electron chi connectivity index (χ4n) is 7.74. The van der Waals surface area contributed by atoms with Gasteiger partial charge in [0.1, 0.15) is 30.0 Å². The van der Waals surface area contributed by atoms with Crippen LogP contribution in [0.25, 0.3) is 11.1 Å². The highest BCUT2D eigenvalue weighted by Gasteiger charge is 2.28. The Balaban J connectivity index is 1.17. The molecule has 0 bridgehead atoms. The van der Waals surface area contributed by atoms with Crippen molar-refractivity contribution in [2.75, 3.05) is 32.8 Å². The van der Waals surface area contributed by atoms with E-state index in [1.54, 1.807) is 18.2 Å². The molecule has 3 N–H and O–H groups in total. The van der Waals surface area contributed by atoms with Crippen LogP contribution in [0.5, 0.6) is 17.2 Å². The van der Waals surface area contributed by atoms with Crippen LogP contribution in [0.3, 0.4) is 0 Å². The van der Waals surface area contributed by atoms with Gasteiger partial charge in [0.2, 0.25) is 5.91 Å². The summed E-state index contributed by atoms with van der Waals surface area (Å²) in [5.74, 6) is 2.57. The maximum absolute atomic E-state index is 11.1. The smallest absolute Gasteiger partial charge is 0.217 e. The van der Waals surface area contributed by atoms with E-state index in [0.29, 0.717) is 65.8 Å². The first-order chi connectivity index (χ1) is 27.2. The number of primary amides is 1. The molecule has 9 nitrogen and oxygen atoms in total. The molecule has 0 aromatic heterocycles. The summed E-state index contributed by atoms with van der Waals surface area (Å²) in [5.41, 5.74) is 13.5. The normalized spacial score (nSPS) is 15.5. The number of hydrogen-bond donors (Lipinski definition) is 2. The van der Waals surface area contributed by atoms with Crippen molar-refractivity contribution in [1.82, 2.24) is 10.2 Å². The lowest BCUT2D eigenvalue weighted by Crippen LogP contribution is -2.34. The van der Waals surface area contributed by atoms with Crippen molar-refractivity contribution >= 4 is 17.5 Å². The molecule has 1 heterocycles. The van der Waals surface area contributed by atoms with Gasteiger partial charge in [0, 0.05) is 31.1 Å². The van der Waals surface area contributed by atoms with E-state index in [9.17, 15) is 15.3 Å². The minimum atomic E-state index is -0.304. The number of amides is 1. The SMILES string of the molecule is Cc1c(OCCCN2CCC(C)CC2)cccc1-c1cccc2c1CC[C@@H]2Oc1cc(OCc2cc(C#N)cc(C#N)c2)c(CNCCCCC(N)=O)cc1Cl. The van der Waals surface area contributed by atoms with Crippen molar-refractivity contribution in [2.45, 2.75) is 84.5 Å². The van der Waals surface area contributed by atoms with Crippen molar-refractivity contribution in [3.63, 3.8) is 0 Å². The molecule has 1 aliphatic carbocycles.